The topological polar surface area (TPSA) is 49.6 Å². The molecule has 0 aliphatic carbocycles. The molecule has 0 unspecified atom stereocenters. The van der Waals surface area contributed by atoms with Gasteiger partial charge in [-0.15, -0.1) is 0 Å². The Balaban J connectivity index is 2.06. The first-order valence-corrected chi connectivity index (χ1v) is 6.82. The lowest BCUT2D eigenvalue weighted by Gasteiger charge is -1.93. The summed E-state index contributed by atoms with van der Waals surface area (Å²) in [5.41, 5.74) is 2.44. The van der Waals surface area contributed by atoms with Crippen molar-refractivity contribution in [1.29, 1.82) is 5.26 Å². The second-order valence-corrected chi connectivity index (χ2v) is 4.47. The van der Waals surface area contributed by atoms with Gasteiger partial charge < -0.3 is 0 Å². The van der Waals surface area contributed by atoms with Crippen molar-refractivity contribution in [1.82, 2.24) is 9.97 Å². The van der Waals surface area contributed by atoms with Crippen LogP contribution in [0.4, 0.5) is 0 Å². The summed E-state index contributed by atoms with van der Waals surface area (Å²) in [6.45, 7) is 2.14. The third-order valence-electron chi connectivity index (χ3n) is 2.77. The number of rotatable bonds is 3. The van der Waals surface area contributed by atoms with Crippen molar-refractivity contribution in [2.75, 3.05) is 0 Å². The normalized spacial score (nSPS) is 9.90. The fraction of sp³-hybridized carbons (Fsp3) is 0.167. The van der Waals surface area contributed by atoms with E-state index in [0.29, 0.717) is 11.4 Å². The van der Waals surface area contributed by atoms with E-state index in [-0.39, 0.29) is 0 Å². The predicted molar refractivity (Wildman–Crippen MR) is 83.1 cm³/mol. The van der Waals surface area contributed by atoms with Gasteiger partial charge in [-0.05, 0) is 36.6 Å². The minimum Gasteiger partial charge on any atom is -0.229 e. The lowest BCUT2D eigenvalue weighted by atomic mass is 10.1. The number of unbranched alkanes of at least 4 members (excludes halogenated alkanes) is 1. The van der Waals surface area contributed by atoms with E-state index in [1.807, 2.05) is 18.2 Å². The van der Waals surface area contributed by atoms with E-state index in [1.54, 1.807) is 24.5 Å². The SMILES string of the molecule is CCCC=Cc1cnc(C#Cc2ccc(C#N)cc2)nc1. The Hall–Kier alpha value is -2.91. The van der Waals surface area contributed by atoms with Gasteiger partial charge in [0.2, 0.25) is 5.82 Å². The molecule has 3 heteroatoms. The highest BCUT2D eigenvalue weighted by Gasteiger charge is 1.92. The van der Waals surface area contributed by atoms with Crippen LogP contribution in [0.1, 0.15) is 42.3 Å². The van der Waals surface area contributed by atoms with Crippen LogP contribution in [0, 0.1) is 23.2 Å². The molecular formula is C18H15N3. The summed E-state index contributed by atoms with van der Waals surface area (Å²) in [6, 6.07) is 9.19. The van der Waals surface area contributed by atoms with Crippen molar-refractivity contribution in [3.05, 3.63) is 65.2 Å². The number of nitrogens with zero attached hydrogens (tertiary/aromatic N) is 3. The summed E-state index contributed by atoms with van der Waals surface area (Å²) < 4.78 is 0. The highest BCUT2D eigenvalue weighted by molar-refractivity contribution is 5.47. The molecule has 2 aromatic rings. The highest BCUT2D eigenvalue weighted by atomic mass is 14.8. The fourth-order valence-electron chi connectivity index (χ4n) is 1.63. The van der Waals surface area contributed by atoms with Gasteiger partial charge in [0.05, 0.1) is 11.6 Å². The molecule has 0 saturated heterocycles. The van der Waals surface area contributed by atoms with Crippen LogP contribution in [0.2, 0.25) is 0 Å². The van der Waals surface area contributed by atoms with Gasteiger partial charge in [-0.1, -0.05) is 31.4 Å². The van der Waals surface area contributed by atoms with Crippen LogP contribution in [0.3, 0.4) is 0 Å². The zero-order chi connectivity index (χ0) is 14.9. The standard InChI is InChI=1S/C18H15N3/c1-2-3-4-5-17-13-20-18(21-14-17)11-10-15-6-8-16(12-19)9-7-15/h4-9,13-14H,2-3H2,1H3. The van der Waals surface area contributed by atoms with Crippen molar-refractivity contribution in [2.45, 2.75) is 19.8 Å². The van der Waals surface area contributed by atoms with Crippen molar-refractivity contribution in [3.8, 4) is 17.9 Å². The van der Waals surface area contributed by atoms with E-state index in [1.165, 1.54) is 0 Å². The van der Waals surface area contributed by atoms with Gasteiger partial charge in [-0.3, -0.25) is 0 Å². The summed E-state index contributed by atoms with van der Waals surface area (Å²) in [4.78, 5) is 8.44. The zero-order valence-electron chi connectivity index (χ0n) is 11.9. The number of hydrogen-bond donors (Lipinski definition) is 0. The maximum absolute atomic E-state index is 8.73. The van der Waals surface area contributed by atoms with E-state index < -0.39 is 0 Å². The van der Waals surface area contributed by atoms with Crippen molar-refractivity contribution < 1.29 is 0 Å². The van der Waals surface area contributed by atoms with Gasteiger partial charge in [0, 0.05) is 23.5 Å². The molecule has 0 saturated carbocycles. The van der Waals surface area contributed by atoms with Gasteiger partial charge in [0.15, 0.2) is 0 Å². The number of aromatic nitrogens is 2. The Morgan fingerprint density at radius 1 is 1.05 bits per heavy atom. The van der Waals surface area contributed by atoms with E-state index in [4.69, 9.17) is 5.26 Å². The van der Waals surface area contributed by atoms with Crippen LogP contribution >= 0.6 is 0 Å². The fourth-order valence-corrected chi connectivity index (χ4v) is 1.63. The summed E-state index contributed by atoms with van der Waals surface area (Å²) in [7, 11) is 0. The van der Waals surface area contributed by atoms with Crippen molar-refractivity contribution in [2.24, 2.45) is 0 Å². The molecule has 3 nitrogen and oxygen atoms in total. The maximum Gasteiger partial charge on any atom is 0.205 e. The van der Waals surface area contributed by atoms with Gasteiger partial charge in [-0.2, -0.15) is 5.26 Å². The molecule has 0 atom stereocenters. The molecule has 0 aliphatic rings. The van der Waals surface area contributed by atoms with Gasteiger partial charge in [0.25, 0.3) is 0 Å². The molecule has 1 aromatic carbocycles. The van der Waals surface area contributed by atoms with E-state index >= 15 is 0 Å². The summed E-state index contributed by atoms with van der Waals surface area (Å²) in [5, 5.41) is 8.73. The van der Waals surface area contributed by atoms with E-state index in [0.717, 1.165) is 24.0 Å². The molecule has 102 valence electrons. The van der Waals surface area contributed by atoms with Gasteiger partial charge >= 0.3 is 0 Å². The van der Waals surface area contributed by atoms with Gasteiger partial charge in [0.1, 0.15) is 0 Å². The first-order valence-electron chi connectivity index (χ1n) is 6.82. The second kappa shape index (κ2) is 7.62. The third-order valence-corrected chi connectivity index (χ3v) is 2.77. The van der Waals surface area contributed by atoms with Crippen LogP contribution in [0.15, 0.2) is 42.7 Å². The van der Waals surface area contributed by atoms with E-state index in [2.05, 4.69) is 40.9 Å². The second-order valence-electron chi connectivity index (χ2n) is 4.47. The lowest BCUT2D eigenvalue weighted by molar-refractivity contribution is 0.962. The molecule has 0 bridgehead atoms. The third kappa shape index (κ3) is 4.60. The number of benzene rings is 1. The Morgan fingerprint density at radius 2 is 1.71 bits per heavy atom. The first kappa shape index (κ1) is 14.5. The highest BCUT2D eigenvalue weighted by Crippen LogP contribution is 2.03. The van der Waals surface area contributed by atoms with E-state index in [9.17, 15) is 0 Å². The Kier molecular flexibility index (Phi) is 5.26. The Labute approximate surface area is 125 Å². The number of nitriles is 1. The summed E-state index contributed by atoms with van der Waals surface area (Å²) in [6.07, 6.45) is 9.85. The molecule has 0 spiro atoms. The number of hydrogen-bond acceptors (Lipinski definition) is 3. The van der Waals surface area contributed by atoms with Crippen LogP contribution in [-0.2, 0) is 0 Å². The first-order chi connectivity index (χ1) is 10.3. The minimum absolute atomic E-state index is 0.493. The summed E-state index contributed by atoms with van der Waals surface area (Å²) in [5.74, 6) is 6.39. The zero-order valence-corrected chi connectivity index (χ0v) is 11.9. The van der Waals surface area contributed by atoms with Crippen LogP contribution < -0.4 is 0 Å². The Bertz CT molecular complexity index is 708. The molecule has 2 rings (SSSR count). The van der Waals surface area contributed by atoms with Crippen LogP contribution in [0.25, 0.3) is 6.08 Å². The maximum atomic E-state index is 8.73. The molecule has 21 heavy (non-hydrogen) atoms. The van der Waals surface area contributed by atoms with Crippen molar-refractivity contribution in [3.63, 3.8) is 0 Å². The molecule has 1 heterocycles. The molecule has 0 amide bonds. The van der Waals surface area contributed by atoms with Gasteiger partial charge in [-0.25, -0.2) is 9.97 Å². The lowest BCUT2D eigenvalue weighted by Crippen LogP contribution is -1.88. The number of allylic oxidation sites excluding steroid dienone is 1. The Morgan fingerprint density at radius 3 is 2.33 bits per heavy atom. The minimum atomic E-state index is 0.493. The smallest absolute Gasteiger partial charge is 0.205 e. The monoisotopic (exact) mass is 273 g/mol. The quantitative estimate of drug-likeness (QED) is 0.803. The molecule has 0 fully saturated rings. The van der Waals surface area contributed by atoms with Crippen molar-refractivity contribution >= 4 is 6.08 Å². The van der Waals surface area contributed by atoms with Crippen LogP contribution in [0.5, 0.6) is 0 Å². The average molecular weight is 273 g/mol. The molecular weight excluding hydrogens is 258 g/mol. The molecule has 1 aromatic heterocycles. The largest absolute Gasteiger partial charge is 0.229 e. The molecule has 0 N–H and O–H groups in total. The molecule has 0 radical (unpaired) electrons. The van der Waals surface area contributed by atoms with Crippen LogP contribution in [-0.4, -0.2) is 9.97 Å². The predicted octanol–water partition coefficient (Wildman–Crippen LogP) is 3.56. The molecule has 0 aliphatic heterocycles. The average Bonchev–Trinajstić information content (AvgIpc) is 2.55. The summed E-state index contributed by atoms with van der Waals surface area (Å²) >= 11 is 0.